The molecule has 0 spiro atoms. The summed E-state index contributed by atoms with van der Waals surface area (Å²) in [5, 5.41) is 0. The average Bonchev–Trinajstić information content (AvgIpc) is 1.41. The van der Waals surface area contributed by atoms with Crippen LogP contribution in [0.1, 0.15) is 0 Å². The Morgan fingerprint density at radius 2 is 2.40 bits per heavy atom. The van der Waals surface area contributed by atoms with Gasteiger partial charge in [0.05, 0.1) is 0 Å². The highest BCUT2D eigenvalue weighted by atomic mass is 31.1. The molecule has 1 unspecified atom stereocenters. The van der Waals surface area contributed by atoms with Crippen molar-refractivity contribution in [2.24, 2.45) is 0 Å². The van der Waals surface area contributed by atoms with Gasteiger partial charge in [-0.2, -0.15) is 0 Å². The summed E-state index contributed by atoms with van der Waals surface area (Å²) in [5.41, 5.74) is 0. The summed E-state index contributed by atoms with van der Waals surface area (Å²) in [6.45, 7) is 0. The van der Waals surface area contributed by atoms with Gasteiger partial charge in [0.15, 0.2) is 0 Å². The molecule has 2 heteroatoms. The summed E-state index contributed by atoms with van der Waals surface area (Å²) in [5.74, 6) is 0. The Morgan fingerprint density at radius 1 is 1.80 bits per heavy atom. The van der Waals surface area contributed by atoms with Gasteiger partial charge in [-0.1, -0.05) is 6.30 Å². The van der Waals surface area contributed by atoms with Crippen molar-refractivity contribution in [1.29, 1.82) is 0 Å². The molecule has 0 heterocycles. The van der Waals surface area contributed by atoms with Crippen molar-refractivity contribution >= 4 is 23.7 Å². The van der Waals surface area contributed by atoms with Crippen molar-refractivity contribution in [2.45, 2.75) is 0 Å². The van der Waals surface area contributed by atoms with Crippen LogP contribution in [-0.2, 0) is 0 Å². The lowest BCUT2D eigenvalue weighted by atomic mass is 11.0. The predicted octanol–water partition coefficient (Wildman–Crippen LogP) is 1.24. The molecular weight excluding hydrogens is 98.0 g/mol. The molecule has 0 rings (SSSR count). The molecule has 0 amide bonds. The van der Waals surface area contributed by atoms with Gasteiger partial charge in [-0.3, -0.25) is 0 Å². The Labute approximate surface area is 37.0 Å². The van der Waals surface area contributed by atoms with Crippen molar-refractivity contribution < 1.29 is 0 Å². The third-order valence-corrected chi connectivity index (χ3v) is 1.64. The van der Waals surface area contributed by atoms with E-state index in [4.69, 9.17) is 0 Å². The SMILES string of the molecule is C=PCCP. The fourth-order valence-electron chi connectivity index (χ4n) is 0.0913. The summed E-state index contributed by atoms with van der Waals surface area (Å²) in [7, 11) is 3.91. The van der Waals surface area contributed by atoms with E-state index in [2.05, 4.69) is 15.5 Å². The number of hydrogen-bond donors (Lipinski definition) is 0. The second kappa shape index (κ2) is 4.60. The molecule has 1 atom stereocenters. The Kier molecular flexibility index (Phi) is 5.15. The first-order chi connectivity index (χ1) is 2.41. The molecule has 0 nitrogen and oxygen atoms in total. The zero-order valence-electron chi connectivity index (χ0n) is 3.15. The fraction of sp³-hybridized carbons (Fsp3) is 0.667. The van der Waals surface area contributed by atoms with Crippen LogP contribution in [0.5, 0.6) is 0 Å². The van der Waals surface area contributed by atoms with E-state index in [9.17, 15) is 0 Å². The van der Waals surface area contributed by atoms with Crippen LogP contribution in [0.15, 0.2) is 0 Å². The van der Waals surface area contributed by atoms with E-state index in [1.807, 2.05) is 0 Å². The first kappa shape index (κ1) is 5.60. The molecule has 0 aliphatic rings. The standard InChI is InChI=1S/C3H8P2/c1-5-3-2-4/h1-4H2. The van der Waals surface area contributed by atoms with E-state index in [1.54, 1.807) is 0 Å². The van der Waals surface area contributed by atoms with E-state index in [-0.39, 0.29) is 0 Å². The lowest BCUT2D eigenvalue weighted by Crippen LogP contribution is -1.64. The molecular formula is C3H8P2. The van der Waals surface area contributed by atoms with Crippen molar-refractivity contribution in [2.75, 3.05) is 12.3 Å². The normalized spacial score (nSPS) is 9.00. The molecule has 30 valence electrons. The van der Waals surface area contributed by atoms with Gasteiger partial charge in [0.1, 0.15) is 0 Å². The third-order valence-electron chi connectivity index (χ3n) is 0.287. The van der Waals surface area contributed by atoms with Gasteiger partial charge in [0, 0.05) is 0 Å². The molecule has 0 aliphatic carbocycles. The second-order valence-corrected chi connectivity index (χ2v) is 2.21. The summed E-state index contributed by atoms with van der Waals surface area (Å²) in [6, 6.07) is 0. The van der Waals surface area contributed by atoms with Gasteiger partial charge < -0.3 is 0 Å². The van der Waals surface area contributed by atoms with Crippen LogP contribution >= 0.6 is 17.4 Å². The summed E-state index contributed by atoms with van der Waals surface area (Å²) in [4.78, 5) is 0. The highest BCUT2D eigenvalue weighted by Crippen LogP contribution is 1.90. The van der Waals surface area contributed by atoms with Crippen LogP contribution in [0.4, 0.5) is 0 Å². The maximum absolute atomic E-state index is 3.63. The van der Waals surface area contributed by atoms with Gasteiger partial charge in [0.25, 0.3) is 0 Å². The molecule has 0 aromatic carbocycles. The van der Waals surface area contributed by atoms with Crippen molar-refractivity contribution in [1.82, 2.24) is 0 Å². The van der Waals surface area contributed by atoms with E-state index in [0.717, 1.165) is 0 Å². The van der Waals surface area contributed by atoms with Gasteiger partial charge in [0.2, 0.25) is 0 Å². The number of rotatable bonds is 2. The summed E-state index contributed by atoms with van der Waals surface area (Å²) in [6.07, 6.45) is 6.03. The van der Waals surface area contributed by atoms with Crippen LogP contribution in [0.2, 0.25) is 0 Å². The van der Waals surface area contributed by atoms with Crippen molar-refractivity contribution in [3.63, 3.8) is 0 Å². The van der Waals surface area contributed by atoms with Crippen LogP contribution < -0.4 is 0 Å². The minimum atomic E-state index is 1.19. The molecule has 0 fully saturated rings. The Bertz CT molecular complexity index is 26.1. The van der Waals surface area contributed by atoms with Gasteiger partial charge in [-0.25, -0.2) is 0 Å². The Balaban J connectivity index is 2.40. The third kappa shape index (κ3) is 4.60. The topological polar surface area (TPSA) is 0 Å². The minimum absolute atomic E-state index is 1.19. The molecule has 0 aromatic heterocycles. The van der Waals surface area contributed by atoms with Crippen LogP contribution in [0.3, 0.4) is 0 Å². The van der Waals surface area contributed by atoms with Gasteiger partial charge in [-0.05, 0) is 12.3 Å². The molecule has 0 aromatic rings. The van der Waals surface area contributed by atoms with E-state index >= 15 is 0 Å². The highest BCUT2D eigenvalue weighted by molar-refractivity contribution is 7.37. The minimum Gasteiger partial charge on any atom is -0.137 e. The lowest BCUT2D eigenvalue weighted by molar-refractivity contribution is 1.56. The average molecular weight is 106 g/mol. The van der Waals surface area contributed by atoms with Gasteiger partial charge >= 0.3 is 0 Å². The van der Waals surface area contributed by atoms with Crippen LogP contribution in [0.25, 0.3) is 0 Å². The largest absolute Gasteiger partial charge is 0.137 e. The van der Waals surface area contributed by atoms with Crippen LogP contribution in [-0.4, -0.2) is 18.6 Å². The predicted molar refractivity (Wildman–Crippen MR) is 33.5 cm³/mol. The molecule has 5 heavy (non-hydrogen) atoms. The molecule has 0 saturated heterocycles. The van der Waals surface area contributed by atoms with Crippen LogP contribution in [0, 0.1) is 0 Å². The monoisotopic (exact) mass is 106 g/mol. The smallest absolute Gasteiger partial charge is 0.00773 e. The maximum Gasteiger partial charge on any atom is -0.00773 e. The molecule has 0 saturated carbocycles. The Morgan fingerprint density at radius 3 is 2.40 bits per heavy atom. The highest BCUT2D eigenvalue weighted by Gasteiger charge is 1.62. The molecule has 0 radical (unpaired) electrons. The molecule has 0 N–H and O–H groups in total. The second-order valence-electron chi connectivity index (χ2n) is 0.736. The van der Waals surface area contributed by atoms with Crippen molar-refractivity contribution in [3.8, 4) is 0 Å². The van der Waals surface area contributed by atoms with E-state index < -0.39 is 0 Å². The fourth-order valence-corrected chi connectivity index (χ4v) is 0.822. The van der Waals surface area contributed by atoms with E-state index in [0.29, 0.717) is 0 Å². The molecule has 0 aliphatic heterocycles. The summed E-state index contributed by atoms with van der Waals surface area (Å²) < 4.78 is 0. The maximum atomic E-state index is 3.63. The van der Waals surface area contributed by atoms with Crippen molar-refractivity contribution in [3.05, 3.63) is 0 Å². The van der Waals surface area contributed by atoms with E-state index in [1.165, 1.54) is 20.5 Å². The molecule has 0 bridgehead atoms. The Hall–Kier alpha value is 0.600. The quantitative estimate of drug-likeness (QED) is 0.464. The zero-order chi connectivity index (χ0) is 4.12. The van der Waals surface area contributed by atoms with Gasteiger partial charge in [-0.15, -0.1) is 17.4 Å². The lowest BCUT2D eigenvalue weighted by Gasteiger charge is -1.72. The summed E-state index contributed by atoms with van der Waals surface area (Å²) >= 11 is 0. The first-order valence-corrected chi connectivity index (χ1v) is 3.62. The number of hydrogen-bond acceptors (Lipinski definition) is 0. The zero-order valence-corrected chi connectivity index (χ0v) is 5.20. The first-order valence-electron chi connectivity index (χ1n) is 1.54.